The van der Waals surface area contributed by atoms with Crippen molar-refractivity contribution in [3.63, 3.8) is 0 Å². The van der Waals surface area contributed by atoms with Gasteiger partial charge in [0.15, 0.2) is 6.04 Å². The minimum absolute atomic E-state index is 0.00971. The van der Waals surface area contributed by atoms with E-state index in [9.17, 15) is 4.79 Å². The first-order valence-electron chi connectivity index (χ1n) is 10.3. The molecule has 27 heavy (non-hydrogen) atoms. The fourth-order valence-corrected chi connectivity index (χ4v) is 4.71. The van der Waals surface area contributed by atoms with Gasteiger partial charge in [0.1, 0.15) is 6.54 Å². The lowest BCUT2D eigenvalue weighted by molar-refractivity contribution is -0.959. The summed E-state index contributed by atoms with van der Waals surface area (Å²) in [5.74, 6) is 0.174. The zero-order valence-corrected chi connectivity index (χ0v) is 17.0. The van der Waals surface area contributed by atoms with Crippen molar-refractivity contribution in [1.82, 2.24) is 0 Å². The Labute approximate surface area is 164 Å². The highest BCUT2D eigenvalue weighted by atomic mass is 16.2. The largest absolute Gasteiger partial charge is 0.320 e. The van der Waals surface area contributed by atoms with E-state index < -0.39 is 0 Å². The van der Waals surface area contributed by atoms with Gasteiger partial charge >= 0.3 is 0 Å². The average molecular weight is 366 g/mol. The lowest BCUT2D eigenvalue weighted by Gasteiger charge is -2.46. The van der Waals surface area contributed by atoms with Crippen molar-refractivity contribution >= 4 is 11.6 Å². The third-order valence-electron chi connectivity index (χ3n) is 6.13. The van der Waals surface area contributed by atoms with E-state index in [4.69, 9.17) is 0 Å². The lowest BCUT2D eigenvalue weighted by atomic mass is 9.98. The Morgan fingerprint density at radius 2 is 1.59 bits per heavy atom. The summed E-state index contributed by atoms with van der Waals surface area (Å²) < 4.78 is 0.886. The number of carbonyl (C=O) groups is 1. The van der Waals surface area contributed by atoms with E-state index in [1.807, 2.05) is 6.07 Å². The Balaban J connectivity index is 1.88. The number of quaternary nitrogens is 1. The van der Waals surface area contributed by atoms with Crippen molar-refractivity contribution < 1.29 is 9.28 Å². The summed E-state index contributed by atoms with van der Waals surface area (Å²) in [4.78, 5) is 13.4. The predicted octanol–water partition coefficient (Wildman–Crippen LogP) is 5.22. The molecule has 3 heteroatoms. The minimum atomic E-state index is -0.00971. The summed E-state index contributed by atoms with van der Waals surface area (Å²) in [6, 6.07) is 16.8. The van der Waals surface area contributed by atoms with E-state index >= 15 is 0 Å². The van der Waals surface area contributed by atoms with Gasteiger partial charge in [0.2, 0.25) is 0 Å². The third-order valence-corrected chi connectivity index (χ3v) is 6.13. The van der Waals surface area contributed by atoms with Crippen LogP contribution < -0.4 is 5.32 Å². The molecule has 1 amide bonds. The van der Waals surface area contributed by atoms with Crippen LogP contribution in [0.5, 0.6) is 0 Å². The number of anilines is 1. The number of hydrogen-bond donors (Lipinski definition) is 1. The maximum absolute atomic E-state index is 13.4. The molecule has 3 rings (SSSR count). The van der Waals surface area contributed by atoms with Crippen LogP contribution in [0.4, 0.5) is 5.69 Å². The van der Waals surface area contributed by atoms with E-state index in [1.54, 1.807) is 0 Å². The number of hydrogen-bond acceptors (Lipinski definition) is 1. The van der Waals surface area contributed by atoms with Crippen LogP contribution in [0.1, 0.15) is 49.3 Å². The van der Waals surface area contributed by atoms with Crippen molar-refractivity contribution in [2.75, 3.05) is 18.4 Å². The van der Waals surface area contributed by atoms with Gasteiger partial charge in [-0.05, 0) is 44.2 Å². The molecule has 2 aromatic rings. The topological polar surface area (TPSA) is 29.1 Å². The Hall–Kier alpha value is -2.13. The van der Waals surface area contributed by atoms with Gasteiger partial charge in [-0.1, -0.05) is 55.5 Å². The lowest BCUT2D eigenvalue weighted by Crippen LogP contribution is -2.61. The highest BCUT2D eigenvalue weighted by Gasteiger charge is 2.41. The Morgan fingerprint density at radius 1 is 0.963 bits per heavy atom. The molecule has 0 spiro atoms. The smallest absolute Gasteiger partial charge is 0.282 e. The van der Waals surface area contributed by atoms with Crippen molar-refractivity contribution in [2.45, 2.75) is 59.0 Å². The van der Waals surface area contributed by atoms with Crippen LogP contribution in [-0.4, -0.2) is 29.5 Å². The van der Waals surface area contributed by atoms with Crippen LogP contribution >= 0.6 is 0 Å². The second-order valence-electron chi connectivity index (χ2n) is 8.05. The summed E-state index contributed by atoms with van der Waals surface area (Å²) in [6.07, 6.45) is 4.56. The summed E-state index contributed by atoms with van der Waals surface area (Å²) in [7, 11) is 0. The molecule has 144 valence electrons. The number of likely N-dealkylation sites (tertiary alicyclic amines) is 1. The maximum Gasteiger partial charge on any atom is 0.282 e. The van der Waals surface area contributed by atoms with Gasteiger partial charge in [-0.15, -0.1) is 0 Å². The molecule has 1 fully saturated rings. The van der Waals surface area contributed by atoms with Gasteiger partial charge in [0.05, 0.1) is 13.1 Å². The van der Waals surface area contributed by atoms with Crippen molar-refractivity contribution in [1.29, 1.82) is 0 Å². The van der Waals surface area contributed by atoms with E-state index in [1.165, 1.54) is 24.8 Å². The van der Waals surface area contributed by atoms with E-state index in [2.05, 4.69) is 68.6 Å². The molecule has 1 aliphatic heterocycles. The van der Waals surface area contributed by atoms with E-state index in [0.29, 0.717) is 0 Å². The molecule has 0 saturated carbocycles. The summed E-state index contributed by atoms with van der Waals surface area (Å²) in [6.45, 7) is 9.42. The first-order valence-corrected chi connectivity index (χ1v) is 10.3. The first kappa shape index (κ1) is 19.6. The highest BCUT2D eigenvalue weighted by Crippen LogP contribution is 2.30. The van der Waals surface area contributed by atoms with Gasteiger partial charge in [-0.3, -0.25) is 4.79 Å². The van der Waals surface area contributed by atoms with E-state index in [-0.39, 0.29) is 11.9 Å². The molecule has 0 bridgehead atoms. The molecule has 1 saturated heterocycles. The number of nitrogens with one attached hydrogen (secondary N) is 1. The minimum Gasteiger partial charge on any atom is -0.320 e. The highest BCUT2D eigenvalue weighted by molar-refractivity contribution is 5.95. The van der Waals surface area contributed by atoms with Gasteiger partial charge in [0.25, 0.3) is 5.91 Å². The molecule has 1 aliphatic rings. The maximum atomic E-state index is 13.4. The molecule has 1 heterocycles. The SMILES string of the molecule is CCC(C(=O)Nc1c(C)cccc1C)[N+]1(Cc2ccccc2)CCCCC1. The number of rotatable bonds is 6. The van der Waals surface area contributed by atoms with Crippen LogP contribution in [0.25, 0.3) is 0 Å². The van der Waals surface area contributed by atoms with Crippen molar-refractivity contribution in [2.24, 2.45) is 0 Å². The Bertz CT molecular complexity index is 743. The Morgan fingerprint density at radius 3 is 2.19 bits per heavy atom. The number of piperidine rings is 1. The molecule has 3 nitrogen and oxygen atoms in total. The molecular formula is C24H33N2O+. The van der Waals surface area contributed by atoms with Crippen LogP contribution in [0.15, 0.2) is 48.5 Å². The van der Waals surface area contributed by atoms with Crippen LogP contribution in [-0.2, 0) is 11.3 Å². The number of para-hydroxylation sites is 1. The third kappa shape index (κ3) is 4.41. The molecule has 0 aromatic heterocycles. The van der Waals surface area contributed by atoms with Crippen molar-refractivity contribution in [3.05, 3.63) is 65.2 Å². The number of amides is 1. The Kier molecular flexibility index (Phi) is 6.33. The summed E-state index contributed by atoms with van der Waals surface area (Å²) >= 11 is 0. The van der Waals surface area contributed by atoms with E-state index in [0.717, 1.165) is 47.4 Å². The van der Waals surface area contributed by atoms with Crippen molar-refractivity contribution in [3.8, 4) is 0 Å². The van der Waals surface area contributed by atoms with Crippen LogP contribution in [0.3, 0.4) is 0 Å². The molecule has 1 unspecified atom stereocenters. The van der Waals surface area contributed by atoms with Crippen LogP contribution in [0, 0.1) is 13.8 Å². The fourth-order valence-electron chi connectivity index (χ4n) is 4.71. The van der Waals surface area contributed by atoms with Gasteiger partial charge in [-0.2, -0.15) is 0 Å². The second-order valence-corrected chi connectivity index (χ2v) is 8.05. The zero-order valence-electron chi connectivity index (χ0n) is 17.0. The average Bonchev–Trinajstić information content (AvgIpc) is 2.67. The standard InChI is InChI=1S/C24H32N2O/c1-4-22(24(27)25-23-19(2)12-11-13-20(23)3)26(16-9-6-10-17-26)18-21-14-7-5-8-15-21/h5,7-8,11-15,22H,4,6,9-10,16-18H2,1-3H3/p+1. The molecule has 1 atom stereocenters. The first-order chi connectivity index (χ1) is 13.1. The quantitative estimate of drug-likeness (QED) is 0.699. The second kappa shape index (κ2) is 8.71. The zero-order chi connectivity index (χ0) is 19.3. The number of carbonyl (C=O) groups excluding carboxylic acids is 1. The monoisotopic (exact) mass is 365 g/mol. The van der Waals surface area contributed by atoms with Crippen LogP contribution in [0.2, 0.25) is 0 Å². The number of nitrogens with zero attached hydrogens (tertiary/aromatic N) is 1. The summed E-state index contributed by atoms with van der Waals surface area (Å²) in [5.41, 5.74) is 4.58. The molecule has 2 aromatic carbocycles. The molecule has 0 radical (unpaired) electrons. The van der Waals surface area contributed by atoms with Gasteiger partial charge in [-0.25, -0.2) is 0 Å². The molecule has 1 N–H and O–H groups in total. The summed E-state index contributed by atoms with van der Waals surface area (Å²) in [5, 5.41) is 3.28. The number of benzene rings is 2. The fraction of sp³-hybridized carbons (Fsp3) is 0.458. The normalized spacial score (nSPS) is 17.3. The molecule has 0 aliphatic carbocycles. The van der Waals surface area contributed by atoms with Gasteiger partial charge in [0, 0.05) is 17.7 Å². The number of aryl methyl sites for hydroxylation is 2. The van der Waals surface area contributed by atoms with Gasteiger partial charge < -0.3 is 9.80 Å². The molecular weight excluding hydrogens is 332 g/mol. The predicted molar refractivity (Wildman–Crippen MR) is 113 cm³/mol.